The summed E-state index contributed by atoms with van der Waals surface area (Å²) in [4.78, 5) is 17.3. The Balaban J connectivity index is 2.57. The number of hydrogen-bond acceptors (Lipinski definition) is 2. The van der Waals surface area contributed by atoms with Gasteiger partial charge in [-0.3, -0.25) is 4.90 Å². The number of anilines is 1. The lowest BCUT2D eigenvalue weighted by molar-refractivity contribution is 0.250. The number of rotatable bonds is 1. The van der Waals surface area contributed by atoms with Crippen molar-refractivity contribution in [2.24, 2.45) is 0 Å². The fraction of sp³-hybridized carbons (Fsp3) is 0.273. The molecule has 0 aliphatic carbocycles. The lowest BCUT2D eigenvalue weighted by Crippen LogP contribution is -2.41. The Hall–Kier alpha value is -1.74. The van der Waals surface area contributed by atoms with Crippen molar-refractivity contribution in [3.63, 3.8) is 0 Å². The molecule has 1 N–H and O–H groups in total. The van der Waals surface area contributed by atoms with Gasteiger partial charge >= 0.3 is 6.03 Å². The van der Waals surface area contributed by atoms with Gasteiger partial charge in [-0.05, 0) is 22.9 Å². The first kappa shape index (κ1) is 11.7. The number of urea groups is 1. The van der Waals surface area contributed by atoms with Crippen LogP contribution < -0.4 is 10.2 Å². The van der Waals surface area contributed by atoms with E-state index in [0.29, 0.717) is 22.8 Å². The largest absolute Gasteiger partial charge is 0.327 e. The van der Waals surface area contributed by atoms with Crippen LogP contribution in [0.15, 0.2) is 11.3 Å². The van der Waals surface area contributed by atoms with Gasteiger partial charge in [0.2, 0.25) is 0 Å². The first-order valence-electron chi connectivity index (χ1n) is 4.96. The summed E-state index contributed by atoms with van der Waals surface area (Å²) in [5, 5.41) is 2.68. The molecule has 1 aliphatic rings. The number of amides is 2. The fourth-order valence-corrected chi connectivity index (χ4v) is 2.09. The Morgan fingerprint density at radius 3 is 2.94 bits per heavy atom. The van der Waals surface area contributed by atoms with Gasteiger partial charge in [0.05, 0.1) is 12.2 Å². The van der Waals surface area contributed by atoms with Crippen LogP contribution >= 0.6 is 15.9 Å². The molecule has 2 heterocycles. The van der Waals surface area contributed by atoms with E-state index in [0.717, 1.165) is 5.69 Å². The van der Waals surface area contributed by atoms with E-state index in [4.69, 9.17) is 0 Å². The highest BCUT2D eigenvalue weighted by atomic mass is 79.9. The Morgan fingerprint density at radius 1 is 1.59 bits per heavy atom. The topological polar surface area (TPSA) is 50.2 Å². The lowest BCUT2D eigenvalue weighted by atomic mass is 10.2. The van der Waals surface area contributed by atoms with Crippen LogP contribution in [-0.2, 0) is 6.54 Å². The quantitative estimate of drug-likeness (QED) is 0.803. The monoisotopic (exact) mass is 294 g/mol. The van der Waals surface area contributed by atoms with Crippen LogP contribution in [0, 0.1) is 11.8 Å². The predicted octanol–water partition coefficient (Wildman–Crippen LogP) is 1.80. The van der Waals surface area contributed by atoms with Gasteiger partial charge in [-0.25, -0.2) is 9.78 Å². The van der Waals surface area contributed by atoms with Crippen molar-refractivity contribution in [1.82, 2.24) is 14.9 Å². The van der Waals surface area contributed by atoms with Crippen LogP contribution in [0.2, 0.25) is 0 Å². The molecule has 1 aromatic heterocycles. The Labute approximate surface area is 108 Å². The molecular formula is C11H11BrN4O. The average Bonchev–Trinajstić information content (AvgIpc) is 2.61. The third kappa shape index (κ3) is 1.83. The molecule has 6 heteroatoms. The van der Waals surface area contributed by atoms with Gasteiger partial charge in [0.15, 0.2) is 10.6 Å². The smallest absolute Gasteiger partial charge is 0.306 e. The number of nitrogens with zero attached hydrogens (tertiary/aromatic N) is 3. The molecule has 2 amide bonds. The molecule has 88 valence electrons. The minimum Gasteiger partial charge on any atom is -0.306 e. The van der Waals surface area contributed by atoms with Crippen LogP contribution in [-0.4, -0.2) is 22.6 Å². The van der Waals surface area contributed by atoms with Gasteiger partial charge in [-0.2, -0.15) is 0 Å². The molecular weight excluding hydrogens is 284 g/mol. The molecule has 0 unspecified atom stereocenters. The Morgan fingerprint density at radius 2 is 2.29 bits per heavy atom. The third-order valence-corrected chi connectivity index (χ3v) is 3.09. The van der Waals surface area contributed by atoms with Gasteiger partial charge in [-0.15, -0.1) is 5.92 Å². The number of imidazole rings is 1. The summed E-state index contributed by atoms with van der Waals surface area (Å²) in [6, 6.07) is -0.235. The maximum absolute atomic E-state index is 11.6. The summed E-state index contributed by atoms with van der Waals surface area (Å²) in [6.45, 7) is 6.11. The van der Waals surface area contributed by atoms with Gasteiger partial charge < -0.3 is 9.88 Å². The van der Waals surface area contributed by atoms with Crippen molar-refractivity contribution < 1.29 is 4.79 Å². The van der Waals surface area contributed by atoms with Crippen LogP contribution in [0.5, 0.6) is 0 Å². The zero-order valence-electron chi connectivity index (χ0n) is 9.54. The van der Waals surface area contributed by atoms with Crippen LogP contribution in [0.4, 0.5) is 10.6 Å². The highest BCUT2D eigenvalue weighted by molar-refractivity contribution is 9.10. The maximum Gasteiger partial charge on any atom is 0.327 e. The molecule has 0 saturated carbocycles. The van der Waals surface area contributed by atoms with Gasteiger partial charge in [0.25, 0.3) is 0 Å². The van der Waals surface area contributed by atoms with E-state index in [1.165, 1.54) is 4.90 Å². The van der Waals surface area contributed by atoms with Crippen LogP contribution in [0.3, 0.4) is 0 Å². The molecule has 0 spiro atoms. The van der Waals surface area contributed by atoms with E-state index in [1.807, 2.05) is 4.57 Å². The average molecular weight is 295 g/mol. The molecule has 0 bridgehead atoms. The van der Waals surface area contributed by atoms with Gasteiger partial charge in [0, 0.05) is 7.05 Å². The van der Waals surface area contributed by atoms with Crippen molar-refractivity contribution in [3.05, 3.63) is 17.0 Å². The molecule has 0 radical (unpaired) electrons. The highest BCUT2D eigenvalue weighted by Crippen LogP contribution is 2.31. The van der Waals surface area contributed by atoms with Crippen LogP contribution in [0.25, 0.3) is 5.70 Å². The van der Waals surface area contributed by atoms with Crippen molar-refractivity contribution in [1.29, 1.82) is 0 Å². The standard InChI is InChI=1S/C11H11BrN4O/c1-4-5-6-16-8-7(2)13-11(17)15(3)9(8)14-10(16)12/h2,6H2,1,3H3,(H,13,17). The predicted molar refractivity (Wildman–Crippen MR) is 69.3 cm³/mol. The molecule has 0 saturated heterocycles. The Kier molecular flexibility index (Phi) is 2.94. The third-order valence-electron chi connectivity index (χ3n) is 2.48. The molecule has 0 fully saturated rings. The fourth-order valence-electron chi connectivity index (χ4n) is 1.62. The number of fused-ring (bicyclic) bond motifs is 1. The zero-order valence-corrected chi connectivity index (χ0v) is 11.1. The van der Waals surface area contributed by atoms with E-state index in [2.05, 4.69) is 44.7 Å². The van der Waals surface area contributed by atoms with E-state index in [1.54, 1.807) is 14.0 Å². The summed E-state index contributed by atoms with van der Waals surface area (Å²) in [5.41, 5.74) is 1.32. The minimum atomic E-state index is -0.235. The SMILES string of the molecule is C=C1NC(=O)N(C)c2nc(Br)n(CC#CC)c21. The summed E-state index contributed by atoms with van der Waals surface area (Å²) in [5.74, 6) is 6.37. The Bertz CT molecular complexity index is 564. The number of carbonyl (C=O) groups excluding carboxylic acids is 1. The normalized spacial score (nSPS) is 13.9. The highest BCUT2D eigenvalue weighted by Gasteiger charge is 2.29. The second-order valence-corrected chi connectivity index (χ2v) is 4.24. The molecule has 0 aromatic carbocycles. The molecule has 2 rings (SSSR count). The summed E-state index contributed by atoms with van der Waals surface area (Å²) in [6.07, 6.45) is 0. The van der Waals surface area contributed by atoms with Crippen molar-refractivity contribution in [3.8, 4) is 11.8 Å². The van der Waals surface area contributed by atoms with Crippen molar-refractivity contribution >= 4 is 33.5 Å². The molecule has 5 nitrogen and oxygen atoms in total. The van der Waals surface area contributed by atoms with Gasteiger partial charge in [-0.1, -0.05) is 12.5 Å². The van der Waals surface area contributed by atoms with Crippen molar-refractivity contribution in [2.75, 3.05) is 11.9 Å². The van der Waals surface area contributed by atoms with E-state index < -0.39 is 0 Å². The van der Waals surface area contributed by atoms with E-state index in [-0.39, 0.29) is 6.03 Å². The first-order chi connectivity index (χ1) is 8.06. The van der Waals surface area contributed by atoms with Crippen LogP contribution in [0.1, 0.15) is 12.6 Å². The maximum atomic E-state index is 11.6. The second-order valence-electron chi connectivity index (χ2n) is 3.53. The summed E-state index contributed by atoms with van der Waals surface area (Å²) in [7, 11) is 1.66. The molecule has 1 aromatic rings. The second kappa shape index (κ2) is 4.26. The lowest BCUT2D eigenvalue weighted by Gasteiger charge is -2.24. The van der Waals surface area contributed by atoms with E-state index in [9.17, 15) is 4.79 Å². The minimum absolute atomic E-state index is 0.235. The van der Waals surface area contributed by atoms with E-state index >= 15 is 0 Å². The number of aromatic nitrogens is 2. The van der Waals surface area contributed by atoms with Crippen molar-refractivity contribution in [2.45, 2.75) is 13.5 Å². The number of carbonyl (C=O) groups is 1. The zero-order chi connectivity index (χ0) is 12.6. The van der Waals surface area contributed by atoms with Gasteiger partial charge in [0.1, 0.15) is 5.69 Å². The molecule has 17 heavy (non-hydrogen) atoms. The molecule has 1 aliphatic heterocycles. The number of nitrogens with one attached hydrogen (secondary N) is 1. The number of halogens is 1. The first-order valence-corrected chi connectivity index (χ1v) is 5.75. The summed E-state index contributed by atoms with van der Waals surface area (Å²) < 4.78 is 2.50. The summed E-state index contributed by atoms with van der Waals surface area (Å²) >= 11 is 3.36. The number of hydrogen-bond donors (Lipinski definition) is 1. The molecule has 0 atom stereocenters.